The van der Waals surface area contributed by atoms with Crippen LogP contribution in [0.2, 0.25) is 0 Å². The Bertz CT molecular complexity index is 842. The molecule has 6 nitrogen and oxygen atoms in total. The third kappa shape index (κ3) is 5.14. The largest absolute Gasteiger partial charge is 0.481 e. The summed E-state index contributed by atoms with van der Waals surface area (Å²) in [5, 5.41) is 12.3. The molecule has 3 fully saturated rings. The Kier molecular flexibility index (Phi) is 6.70. The normalized spacial score (nSPS) is 28.5. The van der Waals surface area contributed by atoms with Crippen LogP contribution in [0.4, 0.5) is 10.1 Å². The van der Waals surface area contributed by atoms with E-state index in [4.69, 9.17) is 0 Å². The quantitative estimate of drug-likeness (QED) is 0.692. The van der Waals surface area contributed by atoms with E-state index >= 15 is 0 Å². The third-order valence-electron chi connectivity index (χ3n) is 7.34. The second kappa shape index (κ2) is 9.47. The van der Waals surface area contributed by atoms with Crippen molar-refractivity contribution in [2.24, 2.45) is 5.92 Å². The van der Waals surface area contributed by atoms with Gasteiger partial charge in [0.05, 0.1) is 18.4 Å². The molecular formula is C24H31FN2O4. The zero-order valence-electron chi connectivity index (χ0n) is 17.8. The maximum atomic E-state index is 14.9. The minimum atomic E-state index is -0.674. The molecule has 1 heterocycles. The molecular weight excluding hydrogens is 399 g/mol. The Morgan fingerprint density at radius 1 is 1.03 bits per heavy atom. The lowest BCUT2D eigenvalue weighted by Crippen LogP contribution is -2.43. The van der Waals surface area contributed by atoms with E-state index in [-0.39, 0.29) is 35.6 Å². The van der Waals surface area contributed by atoms with Gasteiger partial charge in [0.15, 0.2) is 5.78 Å². The van der Waals surface area contributed by atoms with E-state index in [1.807, 2.05) is 12.1 Å². The Morgan fingerprint density at radius 3 is 2.35 bits per heavy atom. The zero-order chi connectivity index (χ0) is 22.0. The van der Waals surface area contributed by atoms with E-state index < -0.39 is 12.0 Å². The van der Waals surface area contributed by atoms with Crippen molar-refractivity contribution >= 4 is 23.2 Å². The van der Waals surface area contributed by atoms with Gasteiger partial charge in [-0.15, -0.1) is 0 Å². The highest BCUT2D eigenvalue weighted by Gasteiger charge is 2.32. The predicted molar refractivity (Wildman–Crippen MR) is 115 cm³/mol. The third-order valence-corrected chi connectivity index (χ3v) is 7.34. The number of Topliss-reactive ketones (excluding diaryl/α,β-unsaturated/α-hetero) is 2. The van der Waals surface area contributed by atoms with E-state index in [1.165, 1.54) is 6.07 Å². The van der Waals surface area contributed by atoms with E-state index in [1.54, 1.807) is 0 Å². The first-order valence-electron chi connectivity index (χ1n) is 11.5. The Labute approximate surface area is 182 Å². The van der Waals surface area contributed by atoms with Gasteiger partial charge < -0.3 is 15.3 Å². The molecule has 31 heavy (non-hydrogen) atoms. The van der Waals surface area contributed by atoms with Crippen molar-refractivity contribution < 1.29 is 23.9 Å². The second-order valence-electron chi connectivity index (χ2n) is 9.31. The minimum absolute atomic E-state index is 0.0224. The highest BCUT2D eigenvalue weighted by Crippen LogP contribution is 2.35. The molecule has 3 aliphatic rings. The van der Waals surface area contributed by atoms with Gasteiger partial charge in [0.1, 0.15) is 11.6 Å². The van der Waals surface area contributed by atoms with E-state index in [0.717, 1.165) is 57.2 Å². The number of anilines is 1. The molecule has 7 heteroatoms. The molecule has 0 radical (unpaired) electrons. The standard InChI is InChI=1S/C24H31FN2O4/c25-21-13-17(26-22-8-6-19(28)14-23(22)29)3-7-20(21)15-9-11-27(12-10-15)18-4-1-16(2-5-18)24(30)31/h3,7,13,15-16,18,22,26H,1-2,4-6,8-12,14H2,(H,30,31). The number of likely N-dealkylation sites (tertiary alicyclic amines) is 1. The summed E-state index contributed by atoms with van der Waals surface area (Å²) in [6.07, 6.45) is 5.98. The highest BCUT2D eigenvalue weighted by molar-refractivity contribution is 6.04. The molecule has 0 spiro atoms. The summed E-state index contributed by atoms with van der Waals surface area (Å²) in [6.45, 7) is 1.83. The molecule has 2 saturated carbocycles. The van der Waals surface area contributed by atoms with Crippen molar-refractivity contribution in [1.29, 1.82) is 0 Å². The van der Waals surface area contributed by atoms with Crippen molar-refractivity contribution in [2.45, 2.75) is 75.8 Å². The summed E-state index contributed by atoms with van der Waals surface area (Å²) in [5.74, 6) is -1.08. The van der Waals surface area contributed by atoms with E-state index in [9.17, 15) is 23.9 Å². The number of hydrogen-bond acceptors (Lipinski definition) is 5. The average Bonchev–Trinajstić information content (AvgIpc) is 2.76. The summed E-state index contributed by atoms with van der Waals surface area (Å²) in [6, 6.07) is 5.17. The van der Waals surface area contributed by atoms with Crippen LogP contribution < -0.4 is 5.32 Å². The molecule has 168 valence electrons. The van der Waals surface area contributed by atoms with Gasteiger partial charge in [0, 0.05) is 18.2 Å². The van der Waals surface area contributed by atoms with Crippen LogP contribution in [0, 0.1) is 11.7 Å². The molecule has 1 saturated heterocycles. The summed E-state index contributed by atoms with van der Waals surface area (Å²) in [4.78, 5) is 37.0. The Hall–Kier alpha value is -2.28. The van der Waals surface area contributed by atoms with Crippen LogP contribution in [0.5, 0.6) is 0 Å². The molecule has 0 bridgehead atoms. The number of halogens is 1. The van der Waals surface area contributed by atoms with E-state index in [0.29, 0.717) is 24.6 Å². The number of benzene rings is 1. The average molecular weight is 431 g/mol. The highest BCUT2D eigenvalue weighted by atomic mass is 19.1. The van der Waals surface area contributed by atoms with E-state index in [2.05, 4.69) is 10.2 Å². The molecule has 1 atom stereocenters. The summed E-state index contributed by atoms with van der Waals surface area (Å²) in [7, 11) is 0. The summed E-state index contributed by atoms with van der Waals surface area (Å²) in [5.41, 5.74) is 1.31. The number of carbonyl (C=O) groups is 3. The molecule has 1 aliphatic heterocycles. The Morgan fingerprint density at radius 2 is 1.74 bits per heavy atom. The van der Waals surface area contributed by atoms with Crippen LogP contribution in [0.1, 0.15) is 69.3 Å². The van der Waals surface area contributed by atoms with Gasteiger partial charge in [-0.05, 0) is 81.6 Å². The minimum Gasteiger partial charge on any atom is -0.481 e. The van der Waals surface area contributed by atoms with Gasteiger partial charge in [0.25, 0.3) is 0 Å². The van der Waals surface area contributed by atoms with Crippen molar-refractivity contribution in [3.8, 4) is 0 Å². The molecule has 1 aromatic rings. The van der Waals surface area contributed by atoms with Crippen molar-refractivity contribution in [3.05, 3.63) is 29.6 Å². The molecule has 0 aromatic heterocycles. The Balaban J connectivity index is 1.30. The molecule has 4 rings (SSSR count). The molecule has 1 aromatic carbocycles. The number of rotatable bonds is 5. The van der Waals surface area contributed by atoms with Crippen molar-refractivity contribution in [3.63, 3.8) is 0 Å². The van der Waals surface area contributed by atoms with Gasteiger partial charge in [-0.2, -0.15) is 0 Å². The maximum Gasteiger partial charge on any atom is 0.306 e. The number of nitrogens with zero attached hydrogens (tertiary/aromatic N) is 1. The first-order chi connectivity index (χ1) is 14.9. The number of carbonyl (C=O) groups excluding carboxylic acids is 2. The van der Waals surface area contributed by atoms with Crippen LogP contribution in [-0.4, -0.2) is 52.7 Å². The van der Waals surface area contributed by atoms with Crippen LogP contribution in [0.3, 0.4) is 0 Å². The molecule has 0 amide bonds. The van der Waals surface area contributed by atoms with Gasteiger partial charge >= 0.3 is 5.97 Å². The molecule has 2 aliphatic carbocycles. The zero-order valence-corrected chi connectivity index (χ0v) is 17.8. The SMILES string of the molecule is O=C1CCC(Nc2ccc(C3CCN(C4CCC(C(=O)O)CC4)CC3)c(F)c2)C(=O)C1. The fourth-order valence-corrected chi connectivity index (χ4v) is 5.44. The fraction of sp³-hybridized carbons (Fsp3) is 0.625. The number of piperidine rings is 1. The van der Waals surface area contributed by atoms with Gasteiger partial charge in [-0.3, -0.25) is 14.4 Å². The summed E-state index contributed by atoms with van der Waals surface area (Å²) < 4.78 is 14.9. The summed E-state index contributed by atoms with van der Waals surface area (Å²) >= 11 is 0. The number of carboxylic acid groups (broad SMARTS) is 1. The maximum absolute atomic E-state index is 14.9. The topological polar surface area (TPSA) is 86.7 Å². The van der Waals surface area contributed by atoms with Crippen LogP contribution >= 0.6 is 0 Å². The number of carboxylic acids is 1. The lowest BCUT2D eigenvalue weighted by molar-refractivity contribution is -0.143. The fourth-order valence-electron chi connectivity index (χ4n) is 5.44. The molecule has 1 unspecified atom stereocenters. The van der Waals surface area contributed by atoms with Crippen LogP contribution in [0.15, 0.2) is 18.2 Å². The lowest BCUT2D eigenvalue weighted by Gasteiger charge is -2.40. The van der Waals surface area contributed by atoms with Crippen molar-refractivity contribution in [1.82, 2.24) is 4.90 Å². The van der Waals surface area contributed by atoms with Crippen LogP contribution in [0.25, 0.3) is 0 Å². The first kappa shape index (κ1) is 21.9. The number of hydrogen-bond donors (Lipinski definition) is 2. The van der Waals surface area contributed by atoms with Crippen molar-refractivity contribution in [2.75, 3.05) is 18.4 Å². The monoisotopic (exact) mass is 430 g/mol. The smallest absolute Gasteiger partial charge is 0.306 e. The number of aliphatic carboxylic acids is 1. The van der Waals surface area contributed by atoms with Crippen LogP contribution in [-0.2, 0) is 14.4 Å². The molecule has 2 N–H and O–H groups in total. The van der Waals surface area contributed by atoms with Gasteiger partial charge in [0.2, 0.25) is 0 Å². The second-order valence-corrected chi connectivity index (χ2v) is 9.31. The first-order valence-corrected chi connectivity index (χ1v) is 11.5. The lowest BCUT2D eigenvalue weighted by atomic mass is 9.83. The van der Waals surface area contributed by atoms with Gasteiger partial charge in [-0.1, -0.05) is 6.07 Å². The number of ketones is 2. The van der Waals surface area contributed by atoms with Gasteiger partial charge in [-0.25, -0.2) is 4.39 Å². The number of nitrogens with one attached hydrogen (secondary N) is 1. The predicted octanol–water partition coefficient (Wildman–Crippen LogP) is 3.75.